The van der Waals surface area contributed by atoms with Crippen LogP contribution >= 0.6 is 38.5 Å². The Kier molecular flexibility index (Phi) is 10.2. The van der Waals surface area contributed by atoms with E-state index >= 15 is 0 Å². The van der Waals surface area contributed by atoms with E-state index in [-0.39, 0.29) is 18.5 Å². The topological polar surface area (TPSA) is 29.1 Å². The molecular weight excluding hydrogens is 750 g/mol. The average Bonchev–Trinajstić information content (AvgIpc) is 2.75. The predicted octanol–water partition coefficient (Wildman–Crippen LogP) is 8.65. The van der Waals surface area contributed by atoms with E-state index in [2.05, 4.69) is 21.2 Å². The minimum atomic E-state index is -8.32. The van der Waals surface area contributed by atoms with Crippen LogP contribution in [0.2, 0.25) is 0 Å². The molecule has 1 N–H and O–H groups in total. The van der Waals surface area contributed by atoms with E-state index in [0.29, 0.717) is 4.47 Å². The Hall–Kier alpha value is -1.41. The van der Waals surface area contributed by atoms with Gasteiger partial charge in [0.05, 0.1) is 0 Å². The van der Waals surface area contributed by atoms with Gasteiger partial charge in [0, 0.05) is 22.7 Å². The fourth-order valence-electron chi connectivity index (χ4n) is 2.50. The third-order valence-corrected chi connectivity index (χ3v) is 6.05. The Bertz CT molecular complexity index is 1020. The lowest BCUT2D eigenvalue weighted by molar-refractivity contribution is -0.449. The van der Waals surface area contributed by atoms with Gasteiger partial charge in [0.2, 0.25) is 0 Å². The molecule has 0 unspecified atom stereocenters. The molecule has 1 aromatic rings. The second-order valence-corrected chi connectivity index (χ2v) is 9.75. The summed E-state index contributed by atoms with van der Waals surface area (Å²) in [6, 6.07) is 5.72. The standard InChI is InChI=1S/C19H12BrF15INO/c20-10-5-3-9(4-6-10)12(38)37-7-1-2-11(36)8-13(21,22)14(23,24)15(25,26)16(27,28)17(29,30)18(31,32)19(33,34)35/h3-6,8H,1-2,7H2,(H,37,38). The minimum Gasteiger partial charge on any atom is -0.352 e. The number of rotatable bonds is 11. The summed E-state index contributed by atoms with van der Waals surface area (Å²) < 4.78 is 198. The lowest BCUT2D eigenvalue weighted by atomic mass is 9.91. The number of halogens is 17. The molecule has 0 saturated heterocycles. The first-order chi connectivity index (χ1) is 16.8. The molecule has 0 aliphatic carbocycles. The molecule has 0 bridgehead atoms. The van der Waals surface area contributed by atoms with E-state index < -0.39 is 63.7 Å². The molecule has 1 rings (SSSR count). The van der Waals surface area contributed by atoms with Gasteiger partial charge in [0.25, 0.3) is 5.91 Å². The minimum absolute atomic E-state index is 0.140. The van der Waals surface area contributed by atoms with Crippen LogP contribution < -0.4 is 5.32 Å². The summed E-state index contributed by atoms with van der Waals surface area (Å²) in [5.41, 5.74) is 0.140. The molecular formula is C19H12BrF15INO. The molecule has 2 nitrogen and oxygen atoms in total. The summed E-state index contributed by atoms with van der Waals surface area (Å²) in [5.74, 6) is -47.4. The maximum Gasteiger partial charge on any atom is 0.460 e. The summed E-state index contributed by atoms with van der Waals surface area (Å²) in [6.45, 7) is -0.315. The van der Waals surface area contributed by atoms with Crippen LogP contribution in [0, 0.1) is 0 Å². The Morgan fingerprint density at radius 1 is 0.737 bits per heavy atom. The number of amides is 1. The van der Waals surface area contributed by atoms with Crippen molar-refractivity contribution in [1.82, 2.24) is 5.32 Å². The van der Waals surface area contributed by atoms with E-state index in [0.717, 1.165) is 22.6 Å². The predicted molar refractivity (Wildman–Crippen MR) is 114 cm³/mol. The number of hydrogen-bond acceptors (Lipinski definition) is 1. The lowest BCUT2D eigenvalue weighted by Crippen LogP contribution is -2.72. The number of benzene rings is 1. The van der Waals surface area contributed by atoms with Crippen molar-refractivity contribution in [2.24, 2.45) is 0 Å². The summed E-state index contributed by atoms with van der Waals surface area (Å²) in [7, 11) is 0. The zero-order chi connectivity index (χ0) is 30.2. The van der Waals surface area contributed by atoms with Gasteiger partial charge in [-0.15, -0.1) is 0 Å². The summed E-state index contributed by atoms with van der Waals surface area (Å²) in [4.78, 5) is 11.9. The monoisotopic (exact) mass is 761 g/mol. The number of hydrogen-bond donors (Lipinski definition) is 1. The molecule has 0 aromatic heterocycles. The smallest absolute Gasteiger partial charge is 0.352 e. The summed E-state index contributed by atoms with van der Waals surface area (Å²) in [5, 5.41) is 2.27. The highest BCUT2D eigenvalue weighted by atomic mass is 127. The van der Waals surface area contributed by atoms with E-state index in [1.165, 1.54) is 24.3 Å². The van der Waals surface area contributed by atoms with E-state index in [1.807, 2.05) is 0 Å². The van der Waals surface area contributed by atoms with Gasteiger partial charge in [-0.25, -0.2) is 0 Å². The number of allylic oxidation sites excluding steroid dienone is 2. The Labute approximate surface area is 225 Å². The lowest BCUT2D eigenvalue weighted by Gasteiger charge is -2.41. The maximum atomic E-state index is 13.9. The fraction of sp³-hybridized carbons (Fsp3) is 0.526. The van der Waals surface area contributed by atoms with E-state index in [1.54, 1.807) is 0 Å². The Morgan fingerprint density at radius 2 is 1.16 bits per heavy atom. The number of alkyl halides is 15. The van der Waals surface area contributed by atoms with Crippen LogP contribution in [0.4, 0.5) is 65.9 Å². The van der Waals surface area contributed by atoms with Crippen molar-refractivity contribution in [1.29, 1.82) is 0 Å². The van der Waals surface area contributed by atoms with Gasteiger partial charge in [-0.2, -0.15) is 65.9 Å². The van der Waals surface area contributed by atoms with Crippen molar-refractivity contribution >= 4 is 44.4 Å². The number of carbonyl (C=O) groups excluding carboxylic acids is 1. The largest absolute Gasteiger partial charge is 0.460 e. The highest BCUT2D eigenvalue weighted by molar-refractivity contribution is 14.1. The summed E-state index contributed by atoms with van der Waals surface area (Å²) in [6.07, 6.45) is -9.73. The molecule has 38 heavy (non-hydrogen) atoms. The fourth-order valence-corrected chi connectivity index (χ4v) is 3.54. The molecule has 0 radical (unpaired) electrons. The zero-order valence-electron chi connectivity index (χ0n) is 17.8. The molecule has 0 atom stereocenters. The van der Waals surface area contributed by atoms with Gasteiger partial charge < -0.3 is 5.32 Å². The Morgan fingerprint density at radius 3 is 1.61 bits per heavy atom. The van der Waals surface area contributed by atoms with Gasteiger partial charge in [0.15, 0.2) is 0 Å². The van der Waals surface area contributed by atoms with Crippen LogP contribution in [0.15, 0.2) is 38.4 Å². The molecule has 0 heterocycles. The zero-order valence-corrected chi connectivity index (χ0v) is 21.6. The van der Waals surface area contributed by atoms with Crippen molar-refractivity contribution in [2.45, 2.75) is 54.6 Å². The molecule has 1 aromatic carbocycles. The molecule has 0 aliphatic heterocycles. The van der Waals surface area contributed by atoms with E-state index in [9.17, 15) is 70.7 Å². The summed E-state index contributed by atoms with van der Waals surface area (Å²) >= 11 is 3.95. The van der Waals surface area contributed by atoms with Crippen molar-refractivity contribution in [2.75, 3.05) is 6.54 Å². The van der Waals surface area contributed by atoms with E-state index in [4.69, 9.17) is 0 Å². The van der Waals surface area contributed by atoms with Crippen LogP contribution in [0.25, 0.3) is 0 Å². The highest BCUT2D eigenvalue weighted by Crippen LogP contribution is 2.62. The molecule has 218 valence electrons. The van der Waals surface area contributed by atoms with Crippen molar-refractivity contribution in [3.05, 3.63) is 44.0 Å². The van der Waals surface area contributed by atoms with Crippen LogP contribution in [0.5, 0.6) is 0 Å². The first kappa shape index (κ1) is 34.6. The van der Waals surface area contributed by atoms with Crippen LogP contribution in [0.3, 0.4) is 0 Å². The van der Waals surface area contributed by atoms with Gasteiger partial charge in [-0.05, 0) is 63.3 Å². The number of carbonyl (C=O) groups is 1. The van der Waals surface area contributed by atoms with Gasteiger partial charge in [0.1, 0.15) is 0 Å². The second-order valence-electron chi connectivity index (χ2n) is 7.45. The third-order valence-electron chi connectivity index (χ3n) is 4.67. The van der Waals surface area contributed by atoms with Crippen LogP contribution in [-0.4, -0.2) is 54.2 Å². The molecule has 0 aliphatic rings. The highest BCUT2D eigenvalue weighted by Gasteiger charge is 2.93. The average molecular weight is 762 g/mol. The molecule has 0 spiro atoms. The first-order valence-electron chi connectivity index (χ1n) is 9.52. The Balaban J connectivity index is 3.08. The normalized spacial score (nSPS) is 15.0. The van der Waals surface area contributed by atoms with Crippen molar-refractivity contribution in [3.63, 3.8) is 0 Å². The first-order valence-corrected chi connectivity index (χ1v) is 11.4. The van der Waals surface area contributed by atoms with Gasteiger partial charge >= 0.3 is 41.7 Å². The quantitative estimate of drug-likeness (QED) is 0.137. The molecule has 1 amide bonds. The van der Waals surface area contributed by atoms with Crippen LogP contribution in [0.1, 0.15) is 23.2 Å². The van der Waals surface area contributed by atoms with Crippen molar-refractivity contribution in [3.8, 4) is 0 Å². The molecule has 19 heteroatoms. The molecule has 0 saturated carbocycles. The van der Waals surface area contributed by atoms with Crippen molar-refractivity contribution < 1.29 is 70.7 Å². The second kappa shape index (κ2) is 11.2. The number of nitrogens with one attached hydrogen (secondary N) is 1. The maximum absolute atomic E-state index is 13.9. The van der Waals surface area contributed by atoms with Gasteiger partial charge in [-0.3, -0.25) is 4.79 Å². The van der Waals surface area contributed by atoms with Crippen LogP contribution in [-0.2, 0) is 0 Å². The van der Waals surface area contributed by atoms with Gasteiger partial charge in [-0.1, -0.05) is 15.9 Å². The third kappa shape index (κ3) is 6.32. The SMILES string of the molecule is O=C(NCCCC(I)=CC(F)(F)C(F)(F)C(F)(F)C(F)(F)C(F)(F)C(F)(F)C(F)(F)F)c1ccc(Br)cc1. The molecule has 0 fully saturated rings.